The molecular formula is C18H17ClN6. The number of hydrogen-bond acceptors (Lipinski definition) is 5. The minimum Gasteiger partial charge on any atom is -0.353 e. The van der Waals surface area contributed by atoms with Crippen LogP contribution in [0.15, 0.2) is 42.9 Å². The van der Waals surface area contributed by atoms with Crippen LogP contribution in [0.5, 0.6) is 0 Å². The number of nitriles is 1. The van der Waals surface area contributed by atoms with Gasteiger partial charge in [0.05, 0.1) is 16.3 Å². The van der Waals surface area contributed by atoms with E-state index in [1.54, 1.807) is 12.3 Å². The summed E-state index contributed by atoms with van der Waals surface area (Å²) in [6.45, 7) is 4.34. The first-order valence-electron chi connectivity index (χ1n) is 8.18. The normalized spacial score (nSPS) is 15.4. The van der Waals surface area contributed by atoms with E-state index in [4.69, 9.17) is 11.6 Å². The lowest BCUT2D eigenvalue weighted by atomic mass is 10.2. The number of piperazine rings is 1. The summed E-state index contributed by atoms with van der Waals surface area (Å²) in [4.78, 5) is 13.6. The number of nitrogens with zero attached hydrogens (tertiary/aromatic N) is 6. The van der Waals surface area contributed by atoms with Crippen molar-refractivity contribution in [1.29, 1.82) is 5.26 Å². The summed E-state index contributed by atoms with van der Waals surface area (Å²) in [7, 11) is 0. The molecule has 0 unspecified atom stereocenters. The molecule has 0 bridgehead atoms. The Morgan fingerprint density at radius 2 is 1.96 bits per heavy atom. The van der Waals surface area contributed by atoms with Crippen molar-refractivity contribution >= 4 is 23.1 Å². The van der Waals surface area contributed by atoms with Crippen LogP contribution < -0.4 is 4.90 Å². The third kappa shape index (κ3) is 3.29. The molecule has 0 saturated carbocycles. The van der Waals surface area contributed by atoms with E-state index in [-0.39, 0.29) is 0 Å². The summed E-state index contributed by atoms with van der Waals surface area (Å²) in [6, 6.07) is 9.62. The Balaban J connectivity index is 1.42. The lowest BCUT2D eigenvalue weighted by molar-refractivity contribution is 0.247. The van der Waals surface area contributed by atoms with Crippen LogP contribution in [0, 0.1) is 11.3 Å². The predicted molar refractivity (Wildman–Crippen MR) is 96.6 cm³/mol. The topological polar surface area (TPSA) is 60.5 Å². The molecule has 3 aromatic heterocycles. The van der Waals surface area contributed by atoms with E-state index in [2.05, 4.69) is 25.8 Å². The van der Waals surface area contributed by atoms with Crippen molar-refractivity contribution in [2.24, 2.45) is 0 Å². The van der Waals surface area contributed by atoms with Crippen LogP contribution in [0.4, 0.5) is 5.82 Å². The van der Waals surface area contributed by atoms with E-state index in [1.807, 2.05) is 35.0 Å². The van der Waals surface area contributed by atoms with Gasteiger partial charge in [0, 0.05) is 51.3 Å². The van der Waals surface area contributed by atoms with Gasteiger partial charge in [-0.05, 0) is 24.3 Å². The van der Waals surface area contributed by atoms with E-state index in [9.17, 15) is 5.26 Å². The highest BCUT2D eigenvalue weighted by Gasteiger charge is 2.20. The van der Waals surface area contributed by atoms with E-state index in [1.165, 1.54) is 0 Å². The SMILES string of the molecule is N#Cc1cccnc1N1CCN(Cc2cn3cc(Cl)ccc3n2)CC1. The van der Waals surface area contributed by atoms with Gasteiger partial charge in [-0.3, -0.25) is 4.90 Å². The summed E-state index contributed by atoms with van der Waals surface area (Å²) in [5.41, 5.74) is 2.57. The fourth-order valence-electron chi connectivity index (χ4n) is 3.18. The summed E-state index contributed by atoms with van der Waals surface area (Å²) in [6.07, 6.45) is 5.64. The monoisotopic (exact) mass is 352 g/mol. The number of anilines is 1. The van der Waals surface area contributed by atoms with E-state index in [0.29, 0.717) is 10.6 Å². The molecule has 6 nitrogen and oxygen atoms in total. The highest BCUT2D eigenvalue weighted by atomic mass is 35.5. The Morgan fingerprint density at radius 3 is 2.76 bits per heavy atom. The number of aromatic nitrogens is 3. The quantitative estimate of drug-likeness (QED) is 0.725. The van der Waals surface area contributed by atoms with E-state index >= 15 is 0 Å². The van der Waals surface area contributed by atoms with E-state index < -0.39 is 0 Å². The lowest BCUT2D eigenvalue weighted by Gasteiger charge is -2.35. The van der Waals surface area contributed by atoms with Crippen LogP contribution in [-0.4, -0.2) is 45.4 Å². The van der Waals surface area contributed by atoms with Gasteiger partial charge in [0.25, 0.3) is 0 Å². The van der Waals surface area contributed by atoms with Crippen molar-refractivity contribution < 1.29 is 0 Å². The van der Waals surface area contributed by atoms with Crippen molar-refractivity contribution in [2.45, 2.75) is 6.54 Å². The number of fused-ring (bicyclic) bond motifs is 1. The first kappa shape index (κ1) is 15.9. The number of rotatable bonds is 3. The van der Waals surface area contributed by atoms with Gasteiger partial charge in [-0.2, -0.15) is 5.26 Å². The molecule has 4 rings (SSSR count). The summed E-state index contributed by atoms with van der Waals surface area (Å²) >= 11 is 6.03. The molecule has 3 aromatic rings. The Morgan fingerprint density at radius 1 is 1.12 bits per heavy atom. The fourth-order valence-corrected chi connectivity index (χ4v) is 3.34. The summed E-state index contributed by atoms with van der Waals surface area (Å²) < 4.78 is 1.96. The van der Waals surface area contributed by atoms with Crippen LogP contribution in [0.1, 0.15) is 11.3 Å². The Bertz CT molecular complexity index is 936. The molecule has 0 spiro atoms. The first-order valence-corrected chi connectivity index (χ1v) is 8.56. The van der Waals surface area contributed by atoms with Gasteiger partial charge in [-0.1, -0.05) is 11.6 Å². The van der Waals surface area contributed by atoms with Gasteiger partial charge in [-0.15, -0.1) is 0 Å². The van der Waals surface area contributed by atoms with Crippen LogP contribution in [0.25, 0.3) is 5.65 Å². The number of imidazole rings is 1. The number of hydrogen-bond donors (Lipinski definition) is 0. The van der Waals surface area contributed by atoms with Crippen LogP contribution in [0.3, 0.4) is 0 Å². The van der Waals surface area contributed by atoms with E-state index in [0.717, 1.165) is 49.9 Å². The molecule has 25 heavy (non-hydrogen) atoms. The maximum Gasteiger partial charge on any atom is 0.146 e. The second-order valence-corrected chi connectivity index (χ2v) is 6.53. The molecule has 0 aliphatic carbocycles. The summed E-state index contributed by atoms with van der Waals surface area (Å²) in [5, 5.41) is 9.94. The average Bonchev–Trinajstić information content (AvgIpc) is 3.03. The van der Waals surface area contributed by atoms with Crippen LogP contribution in [-0.2, 0) is 6.54 Å². The Hall–Kier alpha value is -2.62. The zero-order chi connectivity index (χ0) is 17.2. The zero-order valence-corrected chi connectivity index (χ0v) is 14.4. The molecular weight excluding hydrogens is 336 g/mol. The van der Waals surface area contributed by atoms with Gasteiger partial charge in [0.2, 0.25) is 0 Å². The highest BCUT2D eigenvalue weighted by molar-refractivity contribution is 6.30. The van der Waals surface area contributed by atoms with Gasteiger partial charge >= 0.3 is 0 Å². The Labute approximate surface area is 150 Å². The molecule has 0 amide bonds. The van der Waals surface area contributed by atoms with Crippen molar-refractivity contribution in [3.8, 4) is 6.07 Å². The van der Waals surface area contributed by atoms with Crippen molar-refractivity contribution in [3.05, 3.63) is 59.1 Å². The number of pyridine rings is 2. The van der Waals surface area contributed by atoms with Gasteiger partial charge in [-0.25, -0.2) is 9.97 Å². The third-order valence-electron chi connectivity index (χ3n) is 4.43. The number of halogens is 1. The fraction of sp³-hybridized carbons (Fsp3) is 0.278. The first-order chi connectivity index (χ1) is 12.2. The molecule has 4 heterocycles. The minimum atomic E-state index is 0.633. The Kier molecular flexibility index (Phi) is 4.26. The molecule has 126 valence electrons. The molecule has 0 N–H and O–H groups in total. The third-order valence-corrected chi connectivity index (χ3v) is 4.65. The van der Waals surface area contributed by atoms with Gasteiger partial charge in [0.1, 0.15) is 17.5 Å². The van der Waals surface area contributed by atoms with Gasteiger partial charge < -0.3 is 9.30 Å². The second-order valence-electron chi connectivity index (χ2n) is 6.09. The van der Waals surface area contributed by atoms with Crippen LogP contribution in [0.2, 0.25) is 5.02 Å². The molecule has 1 saturated heterocycles. The molecule has 1 aliphatic heterocycles. The molecule has 0 aromatic carbocycles. The average molecular weight is 353 g/mol. The van der Waals surface area contributed by atoms with Gasteiger partial charge in [0.15, 0.2) is 0 Å². The predicted octanol–water partition coefficient (Wildman–Crippen LogP) is 2.58. The maximum atomic E-state index is 9.24. The zero-order valence-electron chi connectivity index (χ0n) is 13.6. The maximum absolute atomic E-state index is 9.24. The van der Waals surface area contributed by atoms with Crippen LogP contribution >= 0.6 is 11.6 Å². The molecule has 1 fully saturated rings. The standard InChI is InChI=1S/C18H17ClN6/c19-15-3-4-17-22-16(13-25(17)11-15)12-23-6-8-24(9-7-23)18-14(10-20)2-1-5-21-18/h1-5,11,13H,6-9,12H2. The highest BCUT2D eigenvalue weighted by Crippen LogP contribution is 2.19. The smallest absolute Gasteiger partial charge is 0.146 e. The molecule has 1 aliphatic rings. The van der Waals surface area contributed by atoms with Crippen molar-refractivity contribution in [3.63, 3.8) is 0 Å². The molecule has 7 heteroatoms. The summed E-state index contributed by atoms with van der Waals surface area (Å²) in [5.74, 6) is 0.784. The molecule has 0 atom stereocenters. The van der Waals surface area contributed by atoms with Crippen molar-refractivity contribution in [1.82, 2.24) is 19.3 Å². The van der Waals surface area contributed by atoms with Crippen molar-refractivity contribution in [2.75, 3.05) is 31.1 Å². The molecule has 0 radical (unpaired) electrons. The second kappa shape index (κ2) is 6.71. The largest absolute Gasteiger partial charge is 0.353 e. The lowest BCUT2D eigenvalue weighted by Crippen LogP contribution is -2.46. The minimum absolute atomic E-state index is 0.633.